The maximum atomic E-state index is 13.6. The zero-order valence-electron chi connectivity index (χ0n) is 24.4. The van der Waals surface area contributed by atoms with Gasteiger partial charge in [-0.1, -0.05) is 48.5 Å². The van der Waals surface area contributed by atoms with Crippen LogP contribution in [0.4, 0.5) is 5.69 Å². The van der Waals surface area contributed by atoms with Gasteiger partial charge in [0.15, 0.2) is 0 Å². The maximum absolute atomic E-state index is 13.6. The van der Waals surface area contributed by atoms with Crippen molar-refractivity contribution < 1.29 is 28.6 Å². The molecule has 0 fully saturated rings. The van der Waals surface area contributed by atoms with Gasteiger partial charge in [-0.25, -0.2) is 0 Å². The number of anilines is 1. The summed E-state index contributed by atoms with van der Waals surface area (Å²) in [5.74, 6) is 0.935. The van der Waals surface area contributed by atoms with Crippen LogP contribution < -0.4 is 30.6 Å². The Morgan fingerprint density at radius 3 is 2.07 bits per heavy atom. The lowest BCUT2D eigenvalue weighted by Crippen LogP contribution is -2.37. The normalized spacial score (nSPS) is 11.1. The summed E-state index contributed by atoms with van der Waals surface area (Å²) in [7, 11) is 1.61. The number of methoxy groups -OCH3 is 1. The fourth-order valence-electron chi connectivity index (χ4n) is 4.46. The summed E-state index contributed by atoms with van der Waals surface area (Å²) in [6.07, 6.45) is 0. The third-order valence-corrected chi connectivity index (χ3v) is 6.80. The molecule has 45 heavy (non-hydrogen) atoms. The Morgan fingerprint density at radius 2 is 1.36 bits per heavy atom. The summed E-state index contributed by atoms with van der Waals surface area (Å²) in [5.41, 5.74) is 7.79. The number of amides is 3. The van der Waals surface area contributed by atoms with Gasteiger partial charge in [-0.2, -0.15) is 0 Å². The zero-order valence-corrected chi connectivity index (χ0v) is 24.4. The number of para-hydroxylation sites is 1. The summed E-state index contributed by atoms with van der Waals surface area (Å²) in [6.45, 7) is 0.317. The van der Waals surface area contributed by atoms with Crippen LogP contribution in [-0.4, -0.2) is 24.8 Å². The Morgan fingerprint density at radius 1 is 0.689 bits per heavy atom. The summed E-state index contributed by atoms with van der Waals surface area (Å²) < 4.78 is 17.0. The van der Waals surface area contributed by atoms with Crippen LogP contribution in [0.1, 0.15) is 37.9 Å². The molecule has 5 rings (SSSR count). The number of nitrogens with two attached hydrogens (primary N) is 1. The SMILES string of the molecule is COc1cccc(COc2ccc([C@H](NC(=O)c3ccc(Oc4ccccc4)cc3)C(=O)Nc3cccc(C(N)=O)c3)cc2)c1. The van der Waals surface area contributed by atoms with Gasteiger partial charge in [-0.15, -0.1) is 0 Å². The largest absolute Gasteiger partial charge is 0.497 e. The van der Waals surface area contributed by atoms with E-state index in [9.17, 15) is 14.4 Å². The van der Waals surface area contributed by atoms with Gasteiger partial charge in [0.1, 0.15) is 35.6 Å². The molecule has 1 atom stereocenters. The first kappa shape index (κ1) is 30.4. The van der Waals surface area contributed by atoms with E-state index < -0.39 is 23.8 Å². The monoisotopic (exact) mass is 601 g/mol. The standard InChI is InChI=1S/C36H31N3O6/c1-43-32-12-5-7-24(21-32)23-44-29-17-13-25(14-18-29)33(36(42)38-28-9-6-8-27(22-28)34(37)40)39-35(41)26-15-19-31(20-16-26)45-30-10-3-2-4-11-30/h2-22,33H,23H2,1H3,(H2,37,40)(H,38,42)(H,39,41)/t33-/m0/s1. The third kappa shape index (κ3) is 8.26. The van der Waals surface area contributed by atoms with Crippen LogP contribution in [0.2, 0.25) is 0 Å². The first-order valence-electron chi connectivity index (χ1n) is 14.1. The van der Waals surface area contributed by atoms with Crippen LogP contribution in [0.15, 0.2) is 127 Å². The van der Waals surface area contributed by atoms with Crippen molar-refractivity contribution in [3.05, 3.63) is 150 Å². The average Bonchev–Trinajstić information content (AvgIpc) is 3.07. The van der Waals surface area contributed by atoms with Crippen molar-refractivity contribution in [2.75, 3.05) is 12.4 Å². The van der Waals surface area contributed by atoms with Crippen LogP contribution in [0, 0.1) is 0 Å². The summed E-state index contributed by atoms with van der Waals surface area (Å²) in [6, 6.07) is 35.5. The molecule has 0 saturated carbocycles. The van der Waals surface area contributed by atoms with Gasteiger partial charge in [0.2, 0.25) is 5.91 Å². The number of hydrogen-bond acceptors (Lipinski definition) is 6. The van der Waals surface area contributed by atoms with Gasteiger partial charge in [0.25, 0.3) is 11.8 Å². The number of benzene rings is 5. The quantitative estimate of drug-likeness (QED) is 0.155. The molecule has 0 bridgehead atoms. The highest BCUT2D eigenvalue weighted by atomic mass is 16.5. The van der Waals surface area contributed by atoms with Crippen molar-refractivity contribution in [3.63, 3.8) is 0 Å². The molecule has 0 aromatic heterocycles. The summed E-state index contributed by atoms with van der Waals surface area (Å²) in [4.78, 5) is 38.6. The van der Waals surface area contributed by atoms with Crippen LogP contribution in [0.5, 0.6) is 23.0 Å². The smallest absolute Gasteiger partial charge is 0.252 e. The van der Waals surface area contributed by atoms with Crippen molar-refractivity contribution >= 4 is 23.4 Å². The Balaban J connectivity index is 1.33. The second kappa shape index (κ2) is 14.4. The van der Waals surface area contributed by atoms with E-state index in [1.165, 1.54) is 6.07 Å². The highest BCUT2D eigenvalue weighted by Crippen LogP contribution is 2.24. The zero-order chi connectivity index (χ0) is 31.6. The lowest BCUT2D eigenvalue weighted by atomic mass is 10.0. The molecule has 9 heteroatoms. The van der Waals surface area contributed by atoms with Crippen LogP contribution in [0.3, 0.4) is 0 Å². The van der Waals surface area contributed by atoms with Crippen LogP contribution in [-0.2, 0) is 11.4 Å². The Hall–Kier alpha value is -6.09. The van der Waals surface area contributed by atoms with E-state index in [-0.39, 0.29) is 5.56 Å². The van der Waals surface area contributed by atoms with Gasteiger partial charge in [-0.3, -0.25) is 14.4 Å². The molecule has 0 aliphatic carbocycles. The van der Waals surface area contributed by atoms with E-state index in [0.717, 1.165) is 11.3 Å². The van der Waals surface area contributed by atoms with Crippen molar-refractivity contribution in [1.82, 2.24) is 5.32 Å². The highest BCUT2D eigenvalue weighted by molar-refractivity contribution is 6.02. The molecule has 9 nitrogen and oxygen atoms in total. The number of ether oxygens (including phenoxy) is 3. The fourth-order valence-corrected chi connectivity index (χ4v) is 4.46. The lowest BCUT2D eigenvalue weighted by molar-refractivity contribution is -0.118. The van der Waals surface area contributed by atoms with E-state index >= 15 is 0 Å². The first-order chi connectivity index (χ1) is 21.9. The number of hydrogen-bond donors (Lipinski definition) is 3. The van der Waals surface area contributed by atoms with Gasteiger partial charge in [0.05, 0.1) is 7.11 Å². The van der Waals surface area contributed by atoms with Crippen LogP contribution >= 0.6 is 0 Å². The van der Waals surface area contributed by atoms with Gasteiger partial charge >= 0.3 is 0 Å². The fraction of sp³-hybridized carbons (Fsp3) is 0.0833. The van der Waals surface area contributed by atoms with E-state index in [0.29, 0.717) is 40.7 Å². The van der Waals surface area contributed by atoms with E-state index in [1.807, 2.05) is 54.6 Å². The molecule has 0 aliphatic rings. The minimum absolute atomic E-state index is 0.240. The summed E-state index contributed by atoms with van der Waals surface area (Å²) >= 11 is 0. The number of carbonyl (C=O) groups excluding carboxylic acids is 3. The van der Waals surface area contributed by atoms with Crippen molar-refractivity contribution in [1.29, 1.82) is 0 Å². The average molecular weight is 602 g/mol. The number of nitrogens with one attached hydrogen (secondary N) is 2. The van der Waals surface area contributed by atoms with Gasteiger partial charge in [0, 0.05) is 16.8 Å². The molecule has 0 aliphatic heterocycles. The van der Waals surface area contributed by atoms with Gasteiger partial charge in [-0.05, 0) is 90.0 Å². The molecule has 4 N–H and O–H groups in total. The molecule has 0 heterocycles. The molecule has 3 amide bonds. The number of carbonyl (C=O) groups is 3. The molecule has 226 valence electrons. The molecule has 5 aromatic rings. The first-order valence-corrected chi connectivity index (χ1v) is 14.1. The Bertz CT molecular complexity index is 1770. The van der Waals surface area contributed by atoms with Gasteiger partial charge < -0.3 is 30.6 Å². The Labute approximate surface area is 260 Å². The lowest BCUT2D eigenvalue weighted by Gasteiger charge is -2.20. The second-order valence-electron chi connectivity index (χ2n) is 9.99. The second-order valence-corrected chi connectivity index (χ2v) is 9.99. The summed E-state index contributed by atoms with van der Waals surface area (Å²) in [5, 5.41) is 5.60. The van der Waals surface area contributed by atoms with E-state index in [4.69, 9.17) is 19.9 Å². The third-order valence-electron chi connectivity index (χ3n) is 6.80. The predicted octanol–water partition coefficient (Wildman–Crippen LogP) is 6.28. The van der Waals surface area contributed by atoms with Crippen molar-refractivity contribution in [3.8, 4) is 23.0 Å². The van der Waals surface area contributed by atoms with E-state index in [1.54, 1.807) is 73.8 Å². The van der Waals surface area contributed by atoms with Crippen LogP contribution in [0.25, 0.3) is 0 Å². The van der Waals surface area contributed by atoms with Crippen molar-refractivity contribution in [2.45, 2.75) is 12.6 Å². The molecule has 0 saturated heterocycles. The Kier molecular flexibility index (Phi) is 9.71. The molecule has 0 radical (unpaired) electrons. The maximum Gasteiger partial charge on any atom is 0.252 e. The van der Waals surface area contributed by atoms with Crippen molar-refractivity contribution in [2.24, 2.45) is 5.73 Å². The molecular formula is C36H31N3O6. The molecule has 0 unspecified atom stereocenters. The minimum atomic E-state index is -1.08. The number of primary amides is 1. The number of rotatable bonds is 12. The minimum Gasteiger partial charge on any atom is -0.497 e. The molecule has 0 spiro atoms. The molecular weight excluding hydrogens is 570 g/mol. The highest BCUT2D eigenvalue weighted by Gasteiger charge is 2.24. The topological polar surface area (TPSA) is 129 Å². The van der Waals surface area contributed by atoms with E-state index in [2.05, 4.69) is 10.6 Å². The molecule has 5 aromatic carbocycles. The predicted molar refractivity (Wildman–Crippen MR) is 171 cm³/mol.